The predicted octanol–water partition coefficient (Wildman–Crippen LogP) is 1.69. The first kappa shape index (κ1) is 18.1. The Hall–Kier alpha value is -0.920. The Labute approximate surface area is 128 Å². The van der Waals surface area contributed by atoms with Gasteiger partial charge in [0.1, 0.15) is 4.90 Å². The molecule has 1 heterocycles. The molecule has 0 aliphatic carbocycles. The van der Waals surface area contributed by atoms with Gasteiger partial charge in [0, 0.05) is 25.3 Å². The van der Waals surface area contributed by atoms with Crippen LogP contribution in [-0.2, 0) is 16.6 Å². The maximum Gasteiger partial charge on any atom is 0.246 e. The molecule has 122 valence electrons. The number of aromatic nitrogens is 2. The average Bonchev–Trinajstić information content (AvgIpc) is 2.88. The third-order valence-corrected chi connectivity index (χ3v) is 5.38. The Morgan fingerprint density at radius 2 is 2.05 bits per heavy atom. The summed E-state index contributed by atoms with van der Waals surface area (Å²) in [7, 11) is -3.43. The predicted molar refractivity (Wildman–Crippen MR) is 84.7 cm³/mol. The molecule has 1 N–H and O–H groups in total. The van der Waals surface area contributed by atoms with Gasteiger partial charge in [-0.05, 0) is 39.8 Å². The van der Waals surface area contributed by atoms with Crippen molar-refractivity contribution in [1.29, 1.82) is 0 Å². The molecule has 0 saturated carbocycles. The zero-order valence-electron chi connectivity index (χ0n) is 13.5. The highest BCUT2D eigenvalue weighted by Crippen LogP contribution is 2.17. The second-order valence-corrected chi connectivity index (χ2v) is 7.24. The van der Waals surface area contributed by atoms with E-state index < -0.39 is 10.0 Å². The van der Waals surface area contributed by atoms with E-state index in [4.69, 9.17) is 0 Å². The summed E-state index contributed by atoms with van der Waals surface area (Å²) in [6.07, 6.45) is 5.12. The number of nitrogens with one attached hydrogen (secondary N) is 1. The average molecular weight is 316 g/mol. The van der Waals surface area contributed by atoms with Gasteiger partial charge in [0.15, 0.2) is 0 Å². The summed E-state index contributed by atoms with van der Waals surface area (Å²) >= 11 is 0. The Morgan fingerprint density at radius 3 is 2.62 bits per heavy atom. The fourth-order valence-corrected chi connectivity index (χ4v) is 3.82. The second kappa shape index (κ2) is 8.51. The fourth-order valence-electron chi connectivity index (χ4n) is 2.22. The summed E-state index contributed by atoms with van der Waals surface area (Å²) in [5, 5.41) is 7.48. The molecule has 0 amide bonds. The largest absolute Gasteiger partial charge is 0.317 e. The lowest BCUT2D eigenvalue weighted by Crippen LogP contribution is -2.36. The lowest BCUT2D eigenvalue weighted by molar-refractivity contribution is 0.369. The molecule has 1 aromatic rings. The van der Waals surface area contributed by atoms with Gasteiger partial charge < -0.3 is 5.32 Å². The van der Waals surface area contributed by atoms with E-state index in [1.54, 1.807) is 10.9 Å². The van der Waals surface area contributed by atoms with Crippen LogP contribution in [0.3, 0.4) is 0 Å². The molecule has 6 nitrogen and oxygen atoms in total. The summed E-state index contributed by atoms with van der Waals surface area (Å²) in [6.45, 7) is 10.9. The normalized spacial score (nSPS) is 12.5. The van der Waals surface area contributed by atoms with Crippen molar-refractivity contribution >= 4 is 10.0 Å². The molecule has 0 aromatic carbocycles. The first-order valence-electron chi connectivity index (χ1n) is 7.68. The minimum Gasteiger partial charge on any atom is -0.317 e. The summed E-state index contributed by atoms with van der Waals surface area (Å²) in [5.41, 5.74) is 0. The Bertz CT molecular complexity index is 511. The van der Waals surface area contributed by atoms with Crippen molar-refractivity contribution in [3.63, 3.8) is 0 Å². The van der Waals surface area contributed by atoms with Gasteiger partial charge in [0.05, 0.1) is 6.20 Å². The highest BCUT2D eigenvalue weighted by atomic mass is 32.2. The number of hydrogen-bond donors (Lipinski definition) is 1. The van der Waals surface area contributed by atoms with Gasteiger partial charge in [-0.2, -0.15) is 9.40 Å². The molecule has 0 spiro atoms. The summed E-state index contributed by atoms with van der Waals surface area (Å²) in [5.74, 6) is 0. The van der Waals surface area contributed by atoms with Gasteiger partial charge >= 0.3 is 0 Å². The highest BCUT2D eigenvalue weighted by molar-refractivity contribution is 7.89. The van der Waals surface area contributed by atoms with Crippen LogP contribution >= 0.6 is 0 Å². The molecule has 21 heavy (non-hydrogen) atoms. The first-order chi connectivity index (χ1) is 9.93. The molecule has 0 saturated heterocycles. The van der Waals surface area contributed by atoms with Gasteiger partial charge in [-0.25, -0.2) is 8.42 Å². The molecule has 1 aromatic heterocycles. The zero-order valence-corrected chi connectivity index (χ0v) is 14.4. The summed E-state index contributed by atoms with van der Waals surface area (Å²) < 4.78 is 28.2. The molecule has 0 unspecified atom stereocenters. The monoisotopic (exact) mass is 316 g/mol. The number of aryl methyl sites for hydroxylation is 1. The van der Waals surface area contributed by atoms with E-state index in [0.29, 0.717) is 6.54 Å². The van der Waals surface area contributed by atoms with E-state index in [9.17, 15) is 8.42 Å². The molecule has 0 aliphatic rings. The van der Waals surface area contributed by atoms with Gasteiger partial charge in [0.25, 0.3) is 0 Å². The molecular formula is C14H28N4O2S. The van der Waals surface area contributed by atoms with Crippen molar-refractivity contribution in [2.24, 2.45) is 0 Å². The maximum absolute atomic E-state index is 12.5. The molecule has 7 heteroatoms. The van der Waals surface area contributed by atoms with Crippen LogP contribution < -0.4 is 5.32 Å². The molecule has 0 aliphatic heterocycles. The molecular weight excluding hydrogens is 288 g/mol. The van der Waals surface area contributed by atoms with E-state index >= 15 is 0 Å². The Morgan fingerprint density at radius 1 is 1.33 bits per heavy atom. The van der Waals surface area contributed by atoms with E-state index in [2.05, 4.69) is 17.3 Å². The Balaban J connectivity index is 2.65. The van der Waals surface area contributed by atoms with E-state index in [0.717, 1.165) is 32.5 Å². The molecule has 0 fully saturated rings. The number of hydrogen-bond acceptors (Lipinski definition) is 4. The quantitative estimate of drug-likeness (QED) is 0.667. The SMILES string of the molecule is CCCNCCCn1cc(S(=O)(=O)N(CC)C(C)C)cn1. The molecule has 0 bridgehead atoms. The molecule has 0 atom stereocenters. The Kier molecular flexibility index (Phi) is 7.34. The van der Waals surface area contributed by atoms with E-state index in [1.807, 2.05) is 20.8 Å². The van der Waals surface area contributed by atoms with Crippen LogP contribution in [0.25, 0.3) is 0 Å². The van der Waals surface area contributed by atoms with Crippen molar-refractivity contribution in [2.45, 2.75) is 58.0 Å². The third-order valence-electron chi connectivity index (χ3n) is 3.27. The second-order valence-electron chi connectivity index (χ2n) is 5.34. The number of nitrogens with zero attached hydrogens (tertiary/aromatic N) is 3. The van der Waals surface area contributed by atoms with Crippen molar-refractivity contribution in [3.05, 3.63) is 12.4 Å². The van der Waals surface area contributed by atoms with E-state index in [1.165, 1.54) is 10.5 Å². The van der Waals surface area contributed by atoms with Crippen molar-refractivity contribution in [3.8, 4) is 0 Å². The summed E-state index contributed by atoms with van der Waals surface area (Å²) in [6, 6.07) is -0.0541. The molecule has 1 rings (SSSR count). The van der Waals surface area contributed by atoms with Gasteiger partial charge in [0.2, 0.25) is 10.0 Å². The van der Waals surface area contributed by atoms with Crippen LogP contribution in [0, 0.1) is 0 Å². The van der Waals surface area contributed by atoms with Gasteiger partial charge in [-0.3, -0.25) is 4.68 Å². The number of sulfonamides is 1. The lowest BCUT2D eigenvalue weighted by atomic mass is 10.4. The topological polar surface area (TPSA) is 67.2 Å². The third kappa shape index (κ3) is 5.09. The maximum atomic E-state index is 12.5. The number of rotatable bonds is 10. The first-order valence-corrected chi connectivity index (χ1v) is 9.12. The van der Waals surface area contributed by atoms with Crippen LogP contribution in [0.15, 0.2) is 17.3 Å². The van der Waals surface area contributed by atoms with Gasteiger partial charge in [-0.1, -0.05) is 13.8 Å². The van der Waals surface area contributed by atoms with Crippen molar-refractivity contribution in [1.82, 2.24) is 19.4 Å². The van der Waals surface area contributed by atoms with Crippen LogP contribution in [0.2, 0.25) is 0 Å². The van der Waals surface area contributed by atoms with E-state index in [-0.39, 0.29) is 10.9 Å². The van der Waals surface area contributed by atoms with Crippen LogP contribution in [-0.4, -0.2) is 48.2 Å². The van der Waals surface area contributed by atoms with Crippen LogP contribution in [0.4, 0.5) is 0 Å². The lowest BCUT2D eigenvalue weighted by Gasteiger charge is -2.23. The standard InChI is InChI=1S/C14H28N4O2S/c1-5-8-15-9-7-10-17-12-14(11-16-17)21(19,20)18(6-2)13(3)4/h11-13,15H,5-10H2,1-4H3. The minimum absolute atomic E-state index is 0.0541. The zero-order chi connectivity index (χ0) is 15.9. The van der Waals surface area contributed by atoms with Crippen LogP contribution in [0.5, 0.6) is 0 Å². The van der Waals surface area contributed by atoms with Crippen molar-refractivity contribution < 1.29 is 8.42 Å². The fraction of sp³-hybridized carbons (Fsp3) is 0.786. The summed E-state index contributed by atoms with van der Waals surface area (Å²) in [4.78, 5) is 0.277. The minimum atomic E-state index is -3.43. The highest BCUT2D eigenvalue weighted by Gasteiger charge is 2.26. The van der Waals surface area contributed by atoms with Crippen LogP contribution in [0.1, 0.15) is 40.5 Å². The van der Waals surface area contributed by atoms with Crippen molar-refractivity contribution in [2.75, 3.05) is 19.6 Å². The molecule has 0 radical (unpaired) electrons. The smallest absolute Gasteiger partial charge is 0.246 e. The van der Waals surface area contributed by atoms with Gasteiger partial charge in [-0.15, -0.1) is 0 Å².